The number of benzene rings is 13. The summed E-state index contributed by atoms with van der Waals surface area (Å²) in [6.45, 7) is 0. The SMILES string of the molecule is c1ccc(-c2cc3c4c5c6c(cccc6ccc5n(-c5ccccn5)c4c2)-c2ccccc2-3)nc1.c1ccc(-c2cc3c4c5c6c(cccc6ccc5n(-c5ncccn5)c4c2)-c2ccccc2-3)nc1.c1ccc(-c2cccc(-n3c4cc(-c5ccccn5)cc5c4c4c6c(cccc6ccc43)-c3ccccc3-5)n2)cc1. The average Bonchev–Trinajstić information content (AvgIpc) is 1.55. The van der Waals surface area contributed by atoms with E-state index in [4.69, 9.17) is 19.9 Å². The van der Waals surface area contributed by atoms with Crippen molar-refractivity contribution in [1.29, 1.82) is 0 Å². The van der Waals surface area contributed by atoms with Crippen molar-refractivity contribution in [3.8, 4) is 129 Å². The molecule has 0 atom stereocenters. The van der Waals surface area contributed by atoms with Crippen molar-refractivity contribution in [2.75, 3.05) is 0 Å². The van der Waals surface area contributed by atoms with E-state index in [1.807, 2.05) is 73.3 Å². The van der Waals surface area contributed by atoms with Crippen molar-refractivity contribution in [3.05, 3.63) is 365 Å². The van der Waals surface area contributed by atoms with E-state index >= 15 is 0 Å². The van der Waals surface area contributed by atoms with Gasteiger partial charge in [-0.2, -0.15) is 0 Å². The topological polar surface area (TPSA) is 105 Å². The van der Waals surface area contributed by atoms with Gasteiger partial charge in [0.2, 0.25) is 5.95 Å². The Morgan fingerprint density at radius 2 is 0.505 bits per heavy atom. The van der Waals surface area contributed by atoms with E-state index in [9.17, 15) is 0 Å². The van der Waals surface area contributed by atoms with Crippen molar-refractivity contribution >= 4 is 97.7 Å². The molecule has 514 valence electrons. The summed E-state index contributed by atoms with van der Waals surface area (Å²) in [6, 6.07) is 116. The van der Waals surface area contributed by atoms with Crippen LogP contribution in [0, 0.1) is 0 Å². The zero-order chi connectivity index (χ0) is 72.8. The molecule has 0 spiro atoms. The first-order valence-electron chi connectivity index (χ1n) is 37.5. The molecule has 3 aliphatic rings. The lowest BCUT2D eigenvalue weighted by Gasteiger charge is -2.15. The largest absolute Gasteiger partial charge is 0.294 e. The van der Waals surface area contributed by atoms with Gasteiger partial charge in [0, 0.05) is 91.8 Å². The highest BCUT2D eigenvalue weighted by Crippen LogP contribution is 2.55. The van der Waals surface area contributed by atoms with E-state index in [0.29, 0.717) is 5.95 Å². The lowest BCUT2D eigenvalue weighted by molar-refractivity contribution is 0.989. The first-order valence-corrected chi connectivity index (χ1v) is 37.5. The number of hydrogen-bond acceptors (Lipinski definition) is 7. The molecule has 3 aliphatic carbocycles. The Hall–Kier alpha value is -15.1. The number of pyridine rings is 5. The van der Waals surface area contributed by atoms with Gasteiger partial charge in [0.1, 0.15) is 11.6 Å². The third-order valence-corrected chi connectivity index (χ3v) is 22.7. The Morgan fingerprint density at radius 3 is 0.919 bits per heavy atom. The van der Waals surface area contributed by atoms with Gasteiger partial charge in [0.25, 0.3) is 0 Å². The molecule has 0 amide bonds. The van der Waals surface area contributed by atoms with Crippen LogP contribution in [0.3, 0.4) is 0 Å². The molecular formula is C101H60N10. The second-order valence-electron chi connectivity index (χ2n) is 28.6. The van der Waals surface area contributed by atoms with Crippen LogP contribution in [-0.4, -0.2) is 48.6 Å². The highest BCUT2D eigenvalue weighted by molar-refractivity contribution is 6.34. The molecule has 0 saturated heterocycles. The summed E-state index contributed by atoms with van der Waals surface area (Å²) in [5, 5.41) is 15.2. The van der Waals surface area contributed by atoms with Crippen LogP contribution in [0.4, 0.5) is 0 Å². The van der Waals surface area contributed by atoms with Gasteiger partial charge in [-0.3, -0.25) is 28.7 Å². The number of fused-ring (bicyclic) bond motifs is 9. The van der Waals surface area contributed by atoms with Crippen molar-refractivity contribution in [2.45, 2.75) is 0 Å². The Bertz CT molecular complexity index is 7320. The molecule has 13 aromatic carbocycles. The number of hydrogen-bond donors (Lipinski definition) is 0. The van der Waals surface area contributed by atoms with Crippen LogP contribution in [0.1, 0.15) is 0 Å². The Morgan fingerprint density at radius 1 is 0.171 bits per heavy atom. The first kappa shape index (κ1) is 62.1. The lowest BCUT2D eigenvalue weighted by Crippen LogP contribution is -2.00. The van der Waals surface area contributed by atoms with E-state index in [-0.39, 0.29) is 0 Å². The van der Waals surface area contributed by atoms with Gasteiger partial charge in [-0.05, 0) is 220 Å². The fraction of sp³-hybridized carbons (Fsp3) is 0. The smallest absolute Gasteiger partial charge is 0.234 e. The van der Waals surface area contributed by atoms with Gasteiger partial charge >= 0.3 is 0 Å². The Balaban J connectivity index is 0.000000100. The molecule has 0 radical (unpaired) electrons. The summed E-state index contributed by atoms with van der Waals surface area (Å²) in [5.41, 5.74) is 30.0. The van der Waals surface area contributed by atoms with E-state index < -0.39 is 0 Å². The maximum Gasteiger partial charge on any atom is 0.234 e. The molecule has 10 nitrogen and oxygen atoms in total. The summed E-state index contributed by atoms with van der Waals surface area (Å²) in [6.07, 6.45) is 11.0. The summed E-state index contributed by atoms with van der Waals surface area (Å²) in [4.78, 5) is 33.4. The third-order valence-electron chi connectivity index (χ3n) is 22.7. The number of aromatic nitrogens is 10. The number of nitrogens with zero attached hydrogens (tertiary/aromatic N) is 10. The molecule has 10 heteroatoms. The molecule has 0 aliphatic heterocycles. The molecule has 0 N–H and O–H groups in total. The van der Waals surface area contributed by atoms with Crippen molar-refractivity contribution in [1.82, 2.24) is 48.6 Å². The first-order chi connectivity index (χ1) is 55.1. The molecule has 25 rings (SSSR count). The molecule has 0 unspecified atom stereocenters. The predicted octanol–water partition coefficient (Wildman–Crippen LogP) is 25.2. The predicted molar refractivity (Wildman–Crippen MR) is 454 cm³/mol. The van der Waals surface area contributed by atoms with Gasteiger partial charge < -0.3 is 0 Å². The summed E-state index contributed by atoms with van der Waals surface area (Å²) >= 11 is 0. The van der Waals surface area contributed by atoms with Crippen LogP contribution < -0.4 is 0 Å². The minimum atomic E-state index is 0.669. The van der Waals surface area contributed by atoms with Gasteiger partial charge in [-0.1, -0.05) is 206 Å². The molecule has 0 fully saturated rings. The van der Waals surface area contributed by atoms with Gasteiger partial charge in [0.15, 0.2) is 0 Å². The molecule has 9 heterocycles. The molecule has 9 aromatic heterocycles. The fourth-order valence-corrected chi connectivity index (χ4v) is 18.1. The lowest BCUT2D eigenvalue weighted by atomic mass is 9.92. The van der Waals surface area contributed by atoms with E-state index in [2.05, 4.69) is 308 Å². The number of rotatable bonds is 7. The third kappa shape index (κ3) is 9.54. The van der Waals surface area contributed by atoms with Crippen LogP contribution in [0.25, 0.3) is 227 Å². The Labute approximate surface area is 636 Å². The minimum Gasteiger partial charge on any atom is -0.294 e. The van der Waals surface area contributed by atoms with E-state index in [0.717, 1.165) is 84.2 Å². The van der Waals surface area contributed by atoms with Crippen molar-refractivity contribution in [3.63, 3.8) is 0 Å². The van der Waals surface area contributed by atoms with Crippen molar-refractivity contribution in [2.24, 2.45) is 0 Å². The quantitative estimate of drug-likeness (QED) is 0.156. The zero-order valence-corrected chi connectivity index (χ0v) is 59.6. The van der Waals surface area contributed by atoms with Gasteiger partial charge in [-0.25, -0.2) is 19.9 Å². The molecule has 0 saturated carbocycles. The fourth-order valence-electron chi connectivity index (χ4n) is 18.1. The highest BCUT2D eigenvalue weighted by Gasteiger charge is 2.31. The molecular weight excluding hydrogens is 1350 g/mol. The van der Waals surface area contributed by atoms with Crippen LogP contribution >= 0.6 is 0 Å². The monoisotopic (exact) mass is 1410 g/mol. The van der Waals surface area contributed by atoms with E-state index in [1.54, 1.807) is 12.4 Å². The van der Waals surface area contributed by atoms with Gasteiger partial charge in [0.05, 0.1) is 55.9 Å². The maximum absolute atomic E-state index is 5.23. The van der Waals surface area contributed by atoms with E-state index in [1.165, 1.54) is 137 Å². The second kappa shape index (κ2) is 24.7. The summed E-state index contributed by atoms with van der Waals surface area (Å²) in [5.74, 6) is 2.49. The zero-order valence-electron chi connectivity index (χ0n) is 59.6. The summed E-state index contributed by atoms with van der Waals surface area (Å²) < 4.78 is 6.85. The van der Waals surface area contributed by atoms with Crippen molar-refractivity contribution < 1.29 is 0 Å². The Kier molecular flexibility index (Phi) is 13.8. The van der Waals surface area contributed by atoms with Crippen LogP contribution in [0.2, 0.25) is 0 Å². The average molecular weight is 1410 g/mol. The standard InChI is InChI=1S/C38H23N3.C32H19N3.C31H18N4/c1-2-10-24(11-3-1)32-17-9-18-35(40-32)41-33-20-19-25-12-8-15-29-27-13-4-5-14-28(27)30-22-26(31-16-6-7-21-39-31)23-34(41)37(30)38(33)36(25)29;1-2-10-23-22(9-1)24-11-7-8-20-14-15-27-32(30(20)24)31-25(23)18-21(26-12-3-5-16-33-26)19-28(31)35(27)29-13-4-6-17-34-29;1-2-9-22-21(8-1)23-10-5-7-19-12-13-26-30(28(19)23)29-24(22)17-20(25-11-3-4-14-32-25)18-27(29)35(26)31-33-15-6-16-34-31/h1-23H;1-19H;1-18H. The van der Waals surface area contributed by atoms with Crippen LogP contribution in [0.15, 0.2) is 365 Å². The molecule has 111 heavy (non-hydrogen) atoms. The van der Waals surface area contributed by atoms with Crippen LogP contribution in [0.5, 0.6) is 0 Å². The maximum atomic E-state index is 5.23. The normalized spacial score (nSPS) is 12.0. The highest BCUT2D eigenvalue weighted by atomic mass is 15.1. The minimum absolute atomic E-state index is 0.669. The molecule has 22 aromatic rings. The molecule has 0 bridgehead atoms. The van der Waals surface area contributed by atoms with Gasteiger partial charge in [-0.15, -0.1) is 0 Å². The summed E-state index contributed by atoms with van der Waals surface area (Å²) in [7, 11) is 0. The van der Waals surface area contributed by atoms with Crippen LogP contribution in [-0.2, 0) is 0 Å². The second-order valence-corrected chi connectivity index (χ2v) is 28.6.